The summed E-state index contributed by atoms with van der Waals surface area (Å²) < 4.78 is 5.29. The molecule has 21 heavy (non-hydrogen) atoms. The summed E-state index contributed by atoms with van der Waals surface area (Å²) in [7, 11) is 1.57. The van der Waals surface area contributed by atoms with Crippen molar-refractivity contribution in [1.29, 1.82) is 0 Å². The molecule has 0 radical (unpaired) electrons. The van der Waals surface area contributed by atoms with Gasteiger partial charge in [0, 0.05) is 7.05 Å². The second-order valence-corrected chi connectivity index (χ2v) is 6.49. The lowest BCUT2D eigenvalue weighted by molar-refractivity contribution is -0.112. The summed E-state index contributed by atoms with van der Waals surface area (Å²) in [4.78, 5) is 24.8. The molecule has 0 saturated heterocycles. The van der Waals surface area contributed by atoms with E-state index in [4.69, 9.17) is 4.74 Å². The van der Waals surface area contributed by atoms with Crippen LogP contribution in [0.3, 0.4) is 0 Å². The number of ether oxygens (including phenoxy) is 1. The zero-order valence-electron chi connectivity index (χ0n) is 13.7. The van der Waals surface area contributed by atoms with E-state index in [1.54, 1.807) is 27.8 Å². The van der Waals surface area contributed by atoms with Crippen molar-refractivity contribution >= 4 is 12.4 Å². The van der Waals surface area contributed by atoms with E-state index in [-0.39, 0.29) is 0 Å². The molecule has 1 atom stereocenters. The number of rotatable bonds is 4. The standard InChI is InChI=1S/C17H25NO3/c1-12(2)13-7-9-14(10-8-13)15(11-19)18(6)16(20)21-17(3,4)5/h7-12,15H,1-6H3. The minimum absolute atomic E-state index is 0.428. The third-order valence-electron chi connectivity index (χ3n) is 3.17. The second kappa shape index (κ2) is 6.74. The Morgan fingerprint density at radius 2 is 1.62 bits per heavy atom. The lowest BCUT2D eigenvalue weighted by Gasteiger charge is -2.28. The predicted molar refractivity (Wildman–Crippen MR) is 83.3 cm³/mol. The van der Waals surface area contributed by atoms with Crippen molar-refractivity contribution in [3.63, 3.8) is 0 Å². The molecule has 0 aliphatic heterocycles. The summed E-state index contributed by atoms with van der Waals surface area (Å²) >= 11 is 0. The summed E-state index contributed by atoms with van der Waals surface area (Å²) in [6.07, 6.45) is 0.251. The van der Waals surface area contributed by atoms with Gasteiger partial charge in [0.25, 0.3) is 0 Å². The van der Waals surface area contributed by atoms with E-state index in [1.807, 2.05) is 24.3 Å². The molecule has 0 bridgehead atoms. The number of hydrogen-bond donors (Lipinski definition) is 0. The van der Waals surface area contributed by atoms with Gasteiger partial charge in [-0.2, -0.15) is 0 Å². The van der Waals surface area contributed by atoms with Crippen LogP contribution >= 0.6 is 0 Å². The molecular formula is C17H25NO3. The molecule has 1 aromatic rings. The van der Waals surface area contributed by atoms with Crippen LogP contribution in [0.15, 0.2) is 24.3 Å². The van der Waals surface area contributed by atoms with E-state index in [1.165, 1.54) is 10.5 Å². The van der Waals surface area contributed by atoms with Gasteiger partial charge in [0.15, 0.2) is 0 Å². The molecule has 0 fully saturated rings. The van der Waals surface area contributed by atoms with E-state index in [9.17, 15) is 9.59 Å². The molecular weight excluding hydrogens is 266 g/mol. The van der Waals surface area contributed by atoms with Crippen molar-refractivity contribution in [2.45, 2.75) is 52.2 Å². The van der Waals surface area contributed by atoms with Gasteiger partial charge in [0.05, 0.1) is 0 Å². The van der Waals surface area contributed by atoms with Gasteiger partial charge >= 0.3 is 6.09 Å². The van der Waals surface area contributed by atoms with Gasteiger partial charge in [-0.1, -0.05) is 38.1 Å². The monoisotopic (exact) mass is 291 g/mol. The maximum Gasteiger partial charge on any atom is 0.410 e. The molecule has 1 aromatic carbocycles. The van der Waals surface area contributed by atoms with Crippen molar-refractivity contribution in [3.05, 3.63) is 35.4 Å². The van der Waals surface area contributed by atoms with Crippen LogP contribution < -0.4 is 0 Å². The van der Waals surface area contributed by atoms with E-state index < -0.39 is 17.7 Å². The largest absolute Gasteiger partial charge is 0.444 e. The number of carbonyl (C=O) groups is 2. The fourth-order valence-corrected chi connectivity index (χ4v) is 1.92. The van der Waals surface area contributed by atoms with Gasteiger partial charge < -0.3 is 9.53 Å². The summed E-state index contributed by atoms with van der Waals surface area (Å²) in [5, 5.41) is 0. The normalized spacial score (nSPS) is 12.9. The summed E-state index contributed by atoms with van der Waals surface area (Å²) in [6, 6.07) is 7.10. The van der Waals surface area contributed by atoms with Crippen LogP contribution in [-0.2, 0) is 9.53 Å². The Kier molecular flexibility index (Phi) is 5.53. The average molecular weight is 291 g/mol. The van der Waals surface area contributed by atoms with Crippen LogP contribution in [0.1, 0.15) is 57.7 Å². The number of amides is 1. The van der Waals surface area contributed by atoms with Crippen molar-refractivity contribution in [1.82, 2.24) is 4.90 Å². The number of likely N-dealkylation sites (N-methyl/N-ethyl adjacent to an activating group) is 1. The van der Waals surface area contributed by atoms with Crippen LogP contribution in [0.5, 0.6) is 0 Å². The van der Waals surface area contributed by atoms with Crippen LogP contribution in [-0.4, -0.2) is 29.9 Å². The number of hydrogen-bond acceptors (Lipinski definition) is 3. The van der Waals surface area contributed by atoms with E-state index >= 15 is 0 Å². The third kappa shape index (κ3) is 4.88. The van der Waals surface area contributed by atoms with Crippen LogP contribution in [0.25, 0.3) is 0 Å². The van der Waals surface area contributed by atoms with Gasteiger partial charge in [-0.25, -0.2) is 4.79 Å². The van der Waals surface area contributed by atoms with Gasteiger partial charge in [0.1, 0.15) is 17.9 Å². The fourth-order valence-electron chi connectivity index (χ4n) is 1.92. The highest BCUT2D eigenvalue weighted by atomic mass is 16.6. The first kappa shape index (κ1) is 17.2. The molecule has 0 saturated carbocycles. The molecule has 0 aliphatic rings. The molecule has 1 unspecified atom stereocenters. The van der Waals surface area contributed by atoms with E-state index in [0.717, 1.165) is 11.8 Å². The Morgan fingerprint density at radius 3 is 2.00 bits per heavy atom. The SMILES string of the molecule is CC(C)c1ccc(C(C=O)N(C)C(=O)OC(C)(C)C)cc1. The number of aldehydes is 1. The van der Waals surface area contributed by atoms with Gasteiger partial charge in [-0.3, -0.25) is 4.90 Å². The zero-order valence-corrected chi connectivity index (χ0v) is 13.7. The first-order valence-corrected chi connectivity index (χ1v) is 7.16. The predicted octanol–water partition coefficient (Wildman–Crippen LogP) is 3.92. The number of nitrogens with zero attached hydrogens (tertiary/aromatic N) is 1. The summed E-state index contributed by atoms with van der Waals surface area (Å²) in [5.41, 5.74) is 1.39. The van der Waals surface area contributed by atoms with E-state index in [2.05, 4.69) is 13.8 Å². The van der Waals surface area contributed by atoms with Crippen molar-refractivity contribution < 1.29 is 14.3 Å². The minimum atomic E-state index is -0.638. The molecule has 1 rings (SSSR count). The highest BCUT2D eigenvalue weighted by molar-refractivity contribution is 5.74. The Morgan fingerprint density at radius 1 is 1.14 bits per heavy atom. The molecule has 0 heterocycles. The molecule has 1 amide bonds. The smallest absolute Gasteiger partial charge is 0.410 e. The van der Waals surface area contributed by atoms with Gasteiger partial charge in [-0.05, 0) is 37.8 Å². The van der Waals surface area contributed by atoms with Crippen molar-refractivity contribution in [3.8, 4) is 0 Å². The maximum atomic E-state index is 12.1. The Hall–Kier alpha value is -1.84. The molecule has 0 aromatic heterocycles. The van der Waals surface area contributed by atoms with Gasteiger partial charge in [0.2, 0.25) is 0 Å². The van der Waals surface area contributed by atoms with Crippen molar-refractivity contribution in [2.75, 3.05) is 7.05 Å². The second-order valence-electron chi connectivity index (χ2n) is 6.49. The summed E-state index contributed by atoms with van der Waals surface area (Å²) in [6.45, 7) is 9.61. The molecule has 0 aliphatic carbocycles. The third-order valence-corrected chi connectivity index (χ3v) is 3.17. The Labute approximate surface area is 127 Å². The fraction of sp³-hybridized carbons (Fsp3) is 0.529. The Balaban J connectivity index is 2.91. The summed E-state index contributed by atoms with van der Waals surface area (Å²) in [5.74, 6) is 0.428. The van der Waals surface area contributed by atoms with Crippen molar-refractivity contribution in [2.24, 2.45) is 0 Å². The number of benzene rings is 1. The topological polar surface area (TPSA) is 46.6 Å². The Bertz CT molecular complexity index is 486. The van der Waals surface area contributed by atoms with Crippen LogP contribution in [0.2, 0.25) is 0 Å². The van der Waals surface area contributed by atoms with Crippen LogP contribution in [0, 0.1) is 0 Å². The minimum Gasteiger partial charge on any atom is -0.444 e. The molecule has 0 spiro atoms. The highest BCUT2D eigenvalue weighted by Gasteiger charge is 2.26. The first-order chi connectivity index (χ1) is 9.65. The zero-order chi connectivity index (χ0) is 16.2. The maximum absolute atomic E-state index is 12.1. The van der Waals surface area contributed by atoms with Gasteiger partial charge in [-0.15, -0.1) is 0 Å². The first-order valence-electron chi connectivity index (χ1n) is 7.16. The van der Waals surface area contributed by atoms with E-state index in [0.29, 0.717) is 5.92 Å². The lowest BCUT2D eigenvalue weighted by Crippen LogP contribution is -2.37. The van der Waals surface area contributed by atoms with Crippen LogP contribution in [0.4, 0.5) is 4.79 Å². The highest BCUT2D eigenvalue weighted by Crippen LogP contribution is 2.22. The molecule has 0 N–H and O–H groups in total. The molecule has 4 heteroatoms. The molecule has 116 valence electrons. The molecule has 4 nitrogen and oxygen atoms in total. The quantitative estimate of drug-likeness (QED) is 0.790. The number of carbonyl (C=O) groups excluding carboxylic acids is 2. The average Bonchev–Trinajstić information content (AvgIpc) is 2.38. The lowest BCUT2D eigenvalue weighted by atomic mass is 9.99.